The van der Waals surface area contributed by atoms with E-state index in [4.69, 9.17) is 4.74 Å². The summed E-state index contributed by atoms with van der Waals surface area (Å²) < 4.78 is 33.3. The Morgan fingerprint density at radius 1 is 1.12 bits per heavy atom. The van der Waals surface area contributed by atoms with Gasteiger partial charge in [0, 0.05) is 17.5 Å². The van der Waals surface area contributed by atoms with Crippen LogP contribution < -0.4 is 4.74 Å². The first kappa shape index (κ1) is 17.1. The van der Waals surface area contributed by atoms with Gasteiger partial charge in [0.25, 0.3) is 10.0 Å². The molecule has 0 radical (unpaired) electrons. The summed E-state index contributed by atoms with van der Waals surface area (Å²) in [6.45, 7) is 2.82. The lowest BCUT2D eigenvalue weighted by molar-refractivity contribution is 0.413. The van der Waals surface area contributed by atoms with Crippen molar-refractivity contribution in [1.29, 1.82) is 0 Å². The van der Waals surface area contributed by atoms with Gasteiger partial charge in [0.15, 0.2) is 0 Å². The number of nitrogens with zero attached hydrogens (tertiary/aromatic N) is 2. The monoisotopic (exact) mass is 370 g/mol. The normalized spacial score (nSPS) is 14.7. The molecule has 0 spiro atoms. The van der Waals surface area contributed by atoms with Crippen molar-refractivity contribution in [2.24, 2.45) is 0 Å². The summed E-state index contributed by atoms with van der Waals surface area (Å²) in [5, 5.41) is 0.942. The first-order chi connectivity index (χ1) is 12.3. The largest absolute Gasteiger partial charge is 0.497 e. The Labute approximate surface area is 153 Å². The molecule has 0 saturated carbocycles. The predicted molar refractivity (Wildman–Crippen MR) is 104 cm³/mol. The molecule has 3 aromatic rings. The molecule has 6 heteroatoms. The van der Waals surface area contributed by atoms with E-state index < -0.39 is 10.0 Å². The van der Waals surface area contributed by atoms with E-state index in [1.54, 1.807) is 13.2 Å². The number of hydrogen-bond donors (Lipinski definition) is 0. The minimum Gasteiger partial charge on any atom is -0.497 e. The fraction of sp³-hybridized carbons (Fsp3) is 0.300. The van der Waals surface area contributed by atoms with Crippen LogP contribution in [0.5, 0.6) is 5.75 Å². The van der Waals surface area contributed by atoms with Crippen LogP contribution in [-0.4, -0.2) is 45.0 Å². The summed E-state index contributed by atoms with van der Waals surface area (Å²) >= 11 is 0. The molecule has 4 rings (SSSR count). The summed E-state index contributed by atoms with van der Waals surface area (Å²) in [4.78, 5) is 2.50. The molecule has 2 aromatic carbocycles. The van der Waals surface area contributed by atoms with E-state index in [1.807, 2.05) is 51.4 Å². The number of rotatable bonds is 4. The van der Waals surface area contributed by atoms with Gasteiger partial charge in [-0.3, -0.25) is 0 Å². The van der Waals surface area contributed by atoms with Gasteiger partial charge in [-0.15, -0.1) is 0 Å². The van der Waals surface area contributed by atoms with E-state index in [-0.39, 0.29) is 0 Å². The maximum atomic E-state index is 13.2. The van der Waals surface area contributed by atoms with Crippen molar-refractivity contribution >= 4 is 20.9 Å². The molecule has 0 saturated heterocycles. The fourth-order valence-corrected chi connectivity index (χ4v) is 5.43. The summed E-state index contributed by atoms with van der Waals surface area (Å²) in [5.41, 5.74) is 4.42. The molecule has 0 amide bonds. The maximum Gasteiger partial charge on any atom is 0.269 e. The van der Waals surface area contributed by atoms with Crippen LogP contribution in [0.4, 0.5) is 0 Å². The number of hydrogen-bond acceptors (Lipinski definition) is 4. The molecule has 26 heavy (non-hydrogen) atoms. The minimum atomic E-state index is -3.58. The van der Waals surface area contributed by atoms with Gasteiger partial charge in [-0.2, -0.15) is 0 Å². The molecule has 1 aromatic heterocycles. The lowest BCUT2D eigenvalue weighted by atomic mass is 10.0. The number of likely N-dealkylation sites (N-methyl/N-ethyl adjacent to an activating group) is 1. The molecule has 0 fully saturated rings. The molecular weight excluding hydrogens is 348 g/mol. The van der Waals surface area contributed by atoms with Gasteiger partial charge in [0.05, 0.1) is 23.2 Å². The van der Waals surface area contributed by atoms with Crippen molar-refractivity contribution in [3.63, 3.8) is 0 Å². The number of fused-ring (bicyclic) bond motifs is 5. The van der Waals surface area contributed by atoms with Crippen LogP contribution in [0, 0.1) is 6.92 Å². The summed E-state index contributed by atoms with van der Waals surface area (Å²) in [7, 11) is 2.09. The van der Waals surface area contributed by atoms with E-state index in [0.29, 0.717) is 10.4 Å². The highest BCUT2D eigenvalue weighted by molar-refractivity contribution is 7.90. The van der Waals surface area contributed by atoms with Gasteiger partial charge in [0.2, 0.25) is 0 Å². The zero-order valence-corrected chi connectivity index (χ0v) is 16.2. The molecule has 0 unspecified atom stereocenters. The lowest BCUT2D eigenvalue weighted by Crippen LogP contribution is -2.15. The summed E-state index contributed by atoms with van der Waals surface area (Å²) in [6, 6.07) is 11.1. The molecule has 0 N–H and O–H groups in total. The summed E-state index contributed by atoms with van der Waals surface area (Å²) in [5.74, 6) is 0.731. The van der Waals surface area contributed by atoms with Crippen molar-refractivity contribution in [2.45, 2.75) is 18.2 Å². The topological polar surface area (TPSA) is 51.5 Å². The lowest BCUT2D eigenvalue weighted by Gasteiger charge is -2.10. The van der Waals surface area contributed by atoms with Crippen molar-refractivity contribution in [2.75, 3.05) is 27.7 Å². The zero-order chi connectivity index (χ0) is 18.6. The van der Waals surface area contributed by atoms with Crippen LogP contribution in [-0.2, 0) is 16.4 Å². The Bertz CT molecular complexity index is 1130. The quantitative estimate of drug-likeness (QED) is 0.553. The second-order valence-electron chi connectivity index (χ2n) is 7.03. The highest BCUT2D eigenvalue weighted by atomic mass is 32.2. The first-order valence-corrected chi connectivity index (χ1v) is 10.0. The average Bonchev–Trinajstić information content (AvgIpc) is 3.03. The Kier molecular flexibility index (Phi) is 3.86. The first-order valence-electron chi connectivity index (χ1n) is 8.57. The Morgan fingerprint density at radius 2 is 1.88 bits per heavy atom. The molecule has 2 heterocycles. The predicted octanol–water partition coefficient (Wildman–Crippen LogP) is 3.28. The number of methoxy groups -OCH3 is 1. The molecule has 136 valence electrons. The van der Waals surface area contributed by atoms with E-state index in [1.165, 1.54) is 3.97 Å². The van der Waals surface area contributed by atoms with Gasteiger partial charge in [-0.05, 0) is 63.3 Å². The van der Waals surface area contributed by atoms with E-state index >= 15 is 0 Å². The number of ether oxygens (including phenoxy) is 1. The Morgan fingerprint density at radius 3 is 2.58 bits per heavy atom. The van der Waals surface area contributed by atoms with Crippen molar-refractivity contribution in [3.05, 3.63) is 47.5 Å². The molecule has 0 aliphatic carbocycles. The number of aryl methyl sites for hydroxylation is 1. The van der Waals surface area contributed by atoms with E-state index in [0.717, 1.165) is 46.5 Å². The van der Waals surface area contributed by atoms with E-state index in [2.05, 4.69) is 4.90 Å². The molecule has 1 aliphatic heterocycles. The maximum absolute atomic E-state index is 13.2. The van der Waals surface area contributed by atoms with Crippen LogP contribution in [0.1, 0.15) is 11.1 Å². The molecule has 0 bridgehead atoms. The third-order valence-corrected chi connectivity index (χ3v) is 6.73. The van der Waals surface area contributed by atoms with Crippen molar-refractivity contribution < 1.29 is 13.2 Å². The molecule has 1 aliphatic rings. The number of benzene rings is 2. The van der Waals surface area contributed by atoms with Crippen molar-refractivity contribution in [1.82, 2.24) is 8.87 Å². The SMILES string of the molecule is COc1ccc2c(c1)c(CCN(C)C)c1n2S(=O)(=O)c2ccc(C)cc2-1. The van der Waals surface area contributed by atoms with Crippen molar-refractivity contribution in [3.8, 4) is 17.0 Å². The van der Waals surface area contributed by atoms with Gasteiger partial charge in [-0.25, -0.2) is 12.4 Å². The second kappa shape index (κ2) is 5.86. The number of aromatic nitrogens is 1. The second-order valence-corrected chi connectivity index (χ2v) is 8.79. The highest BCUT2D eigenvalue weighted by Crippen LogP contribution is 2.46. The van der Waals surface area contributed by atoms with Gasteiger partial charge in [0.1, 0.15) is 5.75 Å². The van der Waals surface area contributed by atoms with Crippen LogP contribution >= 0.6 is 0 Å². The zero-order valence-electron chi connectivity index (χ0n) is 15.4. The summed E-state index contributed by atoms with van der Waals surface area (Å²) in [6.07, 6.45) is 0.766. The van der Waals surface area contributed by atoms with Crippen LogP contribution in [0.2, 0.25) is 0 Å². The van der Waals surface area contributed by atoms with E-state index in [9.17, 15) is 8.42 Å². The average molecular weight is 370 g/mol. The van der Waals surface area contributed by atoms with Gasteiger partial charge in [-0.1, -0.05) is 11.6 Å². The standard InChI is InChI=1S/C20H22N2O3S/c1-13-5-8-19-17(11-13)20-15(9-10-21(2)3)16-12-14(25-4)6-7-18(16)22(20)26(19,23)24/h5-8,11-12H,9-10H2,1-4H3. The van der Waals surface area contributed by atoms with Crippen LogP contribution in [0.3, 0.4) is 0 Å². The molecule has 0 atom stereocenters. The molecule has 5 nitrogen and oxygen atoms in total. The third-order valence-electron chi connectivity index (χ3n) is 4.95. The fourth-order valence-electron chi connectivity index (χ4n) is 3.69. The minimum absolute atomic E-state index is 0.391. The van der Waals surface area contributed by atoms with Gasteiger partial charge >= 0.3 is 0 Å². The van der Waals surface area contributed by atoms with Gasteiger partial charge < -0.3 is 9.64 Å². The van der Waals surface area contributed by atoms with Crippen LogP contribution in [0.15, 0.2) is 41.3 Å². The Balaban J connectivity index is 2.10. The van der Waals surface area contributed by atoms with Crippen LogP contribution in [0.25, 0.3) is 22.2 Å². The molecular formula is C20H22N2O3S. The third kappa shape index (κ3) is 2.36. The smallest absolute Gasteiger partial charge is 0.269 e. The Hall–Kier alpha value is -2.31. The highest BCUT2D eigenvalue weighted by Gasteiger charge is 2.37.